The Balaban J connectivity index is 1.18. The first kappa shape index (κ1) is 20.4. The summed E-state index contributed by atoms with van der Waals surface area (Å²) in [5, 5.41) is 6.38. The fourth-order valence-corrected chi connectivity index (χ4v) is 5.98. The number of pyridine rings is 3. The molecular formula is C24H26N8S. The second-order valence-electron chi connectivity index (χ2n) is 9.05. The zero-order valence-electron chi connectivity index (χ0n) is 18.5. The van der Waals surface area contributed by atoms with Crippen molar-refractivity contribution in [1.29, 1.82) is 0 Å². The van der Waals surface area contributed by atoms with Gasteiger partial charge in [-0.2, -0.15) is 5.10 Å². The number of nitrogens with zero attached hydrogens (tertiary/aromatic N) is 6. The van der Waals surface area contributed by atoms with Crippen molar-refractivity contribution >= 4 is 34.3 Å². The molecular weight excluding hydrogens is 432 g/mol. The Kier molecular flexibility index (Phi) is 4.77. The van der Waals surface area contributed by atoms with Crippen molar-refractivity contribution in [3.8, 4) is 0 Å². The molecule has 0 amide bonds. The van der Waals surface area contributed by atoms with Gasteiger partial charge in [0.25, 0.3) is 0 Å². The van der Waals surface area contributed by atoms with E-state index in [1.54, 1.807) is 18.0 Å². The standard InChI is InChI=1S/C24H26N8S/c1-15-19(5-8-27-22(15)26)33-20-3-2-16-12-17(13-28-23(16)30-20)31-10-6-24(7-11-31)14-32-18(21(24)25)4-9-29-32/h2-5,8-9,12-13,21H,6-7,10-11,14,25H2,1H3,(H2,26,27)/t21-/m1/s1. The molecule has 6 heterocycles. The largest absolute Gasteiger partial charge is 0.383 e. The Labute approximate surface area is 196 Å². The lowest BCUT2D eigenvalue weighted by Crippen LogP contribution is -2.44. The third-order valence-corrected chi connectivity index (χ3v) is 8.33. The molecule has 6 rings (SSSR count). The maximum Gasteiger partial charge on any atom is 0.160 e. The van der Waals surface area contributed by atoms with E-state index in [0.29, 0.717) is 5.82 Å². The third kappa shape index (κ3) is 3.43. The highest BCUT2D eigenvalue weighted by Crippen LogP contribution is 2.48. The summed E-state index contributed by atoms with van der Waals surface area (Å²) in [6, 6.07) is 10.4. The van der Waals surface area contributed by atoms with E-state index in [-0.39, 0.29) is 11.5 Å². The normalized spacial score (nSPS) is 19.3. The van der Waals surface area contributed by atoms with Crippen molar-refractivity contribution in [3.63, 3.8) is 0 Å². The minimum absolute atomic E-state index is 0.0661. The third-order valence-electron chi connectivity index (χ3n) is 7.23. The van der Waals surface area contributed by atoms with Gasteiger partial charge in [-0.1, -0.05) is 11.8 Å². The Morgan fingerprint density at radius 3 is 2.76 bits per heavy atom. The van der Waals surface area contributed by atoms with Gasteiger partial charge in [0, 0.05) is 53.3 Å². The average molecular weight is 459 g/mol. The van der Waals surface area contributed by atoms with E-state index in [4.69, 9.17) is 16.5 Å². The van der Waals surface area contributed by atoms with Gasteiger partial charge in [0.2, 0.25) is 0 Å². The maximum absolute atomic E-state index is 6.63. The zero-order chi connectivity index (χ0) is 22.6. The van der Waals surface area contributed by atoms with Gasteiger partial charge < -0.3 is 16.4 Å². The summed E-state index contributed by atoms with van der Waals surface area (Å²) in [5.74, 6) is 0.551. The summed E-state index contributed by atoms with van der Waals surface area (Å²) >= 11 is 1.58. The minimum atomic E-state index is 0.0661. The van der Waals surface area contributed by atoms with Crippen LogP contribution in [0.4, 0.5) is 11.5 Å². The Hall–Kier alpha value is -3.17. The number of nitrogen functional groups attached to an aromatic ring is 1. The molecule has 0 aromatic carbocycles. The SMILES string of the molecule is Cc1c(Sc2ccc3cc(N4CCC5(CC4)Cn4nccc4[C@H]5N)cnc3n2)ccnc1N. The molecule has 0 unspecified atom stereocenters. The van der Waals surface area contributed by atoms with E-state index in [1.165, 1.54) is 5.69 Å². The van der Waals surface area contributed by atoms with Crippen LogP contribution in [0.5, 0.6) is 0 Å². The van der Waals surface area contributed by atoms with E-state index >= 15 is 0 Å². The fraction of sp³-hybridized carbons (Fsp3) is 0.333. The Morgan fingerprint density at radius 1 is 1.09 bits per heavy atom. The summed E-state index contributed by atoms with van der Waals surface area (Å²) in [6.07, 6.45) is 7.63. The van der Waals surface area contributed by atoms with Gasteiger partial charge in [-0.25, -0.2) is 15.0 Å². The van der Waals surface area contributed by atoms with Gasteiger partial charge in [0.1, 0.15) is 10.8 Å². The highest BCUT2D eigenvalue weighted by atomic mass is 32.2. The number of anilines is 2. The molecule has 4 aromatic heterocycles. The molecule has 0 saturated carbocycles. The molecule has 4 aromatic rings. The molecule has 0 bridgehead atoms. The molecule has 1 spiro atoms. The first-order valence-electron chi connectivity index (χ1n) is 11.2. The molecule has 8 nitrogen and oxygen atoms in total. The number of fused-ring (bicyclic) bond motifs is 2. The van der Waals surface area contributed by atoms with Crippen molar-refractivity contribution in [1.82, 2.24) is 24.7 Å². The van der Waals surface area contributed by atoms with Gasteiger partial charge in [-0.3, -0.25) is 4.68 Å². The highest BCUT2D eigenvalue weighted by molar-refractivity contribution is 7.99. The molecule has 0 aliphatic carbocycles. The van der Waals surface area contributed by atoms with Crippen molar-refractivity contribution in [3.05, 3.63) is 60.2 Å². The van der Waals surface area contributed by atoms with Gasteiger partial charge in [0.05, 0.1) is 23.6 Å². The van der Waals surface area contributed by atoms with E-state index in [1.807, 2.05) is 31.5 Å². The highest BCUT2D eigenvalue weighted by Gasteiger charge is 2.46. The lowest BCUT2D eigenvalue weighted by molar-refractivity contribution is 0.170. The zero-order valence-corrected chi connectivity index (χ0v) is 19.3. The van der Waals surface area contributed by atoms with E-state index in [9.17, 15) is 0 Å². The molecule has 0 radical (unpaired) electrons. The average Bonchev–Trinajstić information content (AvgIpc) is 3.38. The first-order chi connectivity index (χ1) is 16.0. The van der Waals surface area contributed by atoms with Crippen LogP contribution in [0.3, 0.4) is 0 Å². The van der Waals surface area contributed by atoms with Gasteiger partial charge >= 0.3 is 0 Å². The molecule has 2 aliphatic rings. The molecule has 33 heavy (non-hydrogen) atoms. The van der Waals surface area contributed by atoms with E-state index in [2.05, 4.69) is 42.8 Å². The van der Waals surface area contributed by atoms with E-state index < -0.39 is 0 Å². The molecule has 4 N–H and O–H groups in total. The monoisotopic (exact) mass is 458 g/mol. The van der Waals surface area contributed by atoms with Crippen LogP contribution in [0.1, 0.15) is 30.1 Å². The van der Waals surface area contributed by atoms with Crippen molar-refractivity contribution < 1.29 is 0 Å². The predicted octanol–water partition coefficient (Wildman–Crippen LogP) is 3.56. The van der Waals surface area contributed by atoms with Crippen LogP contribution in [0.2, 0.25) is 0 Å². The van der Waals surface area contributed by atoms with Crippen LogP contribution in [0.25, 0.3) is 11.0 Å². The second-order valence-corrected chi connectivity index (χ2v) is 10.1. The molecule has 1 saturated heterocycles. The Morgan fingerprint density at radius 2 is 1.94 bits per heavy atom. The topological polar surface area (TPSA) is 112 Å². The lowest BCUT2D eigenvalue weighted by atomic mass is 9.73. The van der Waals surface area contributed by atoms with Gasteiger partial charge in [-0.15, -0.1) is 0 Å². The lowest BCUT2D eigenvalue weighted by Gasteiger charge is -2.42. The maximum atomic E-state index is 6.63. The van der Waals surface area contributed by atoms with Crippen LogP contribution in [0.15, 0.2) is 58.8 Å². The van der Waals surface area contributed by atoms with Crippen LogP contribution < -0.4 is 16.4 Å². The van der Waals surface area contributed by atoms with E-state index in [0.717, 1.165) is 64.7 Å². The van der Waals surface area contributed by atoms with Crippen LogP contribution in [-0.2, 0) is 6.54 Å². The van der Waals surface area contributed by atoms with Crippen LogP contribution >= 0.6 is 11.8 Å². The van der Waals surface area contributed by atoms with Crippen molar-refractivity contribution in [2.45, 2.75) is 42.3 Å². The van der Waals surface area contributed by atoms with Gasteiger partial charge in [0.15, 0.2) is 5.65 Å². The van der Waals surface area contributed by atoms with Crippen LogP contribution in [0, 0.1) is 12.3 Å². The number of rotatable bonds is 3. The molecule has 1 atom stereocenters. The molecule has 2 aliphatic heterocycles. The van der Waals surface area contributed by atoms with Crippen molar-refractivity contribution in [2.24, 2.45) is 11.1 Å². The first-order valence-corrected chi connectivity index (χ1v) is 12.0. The van der Waals surface area contributed by atoms with Crippen molar-refractivity contribution in [2.75, 3.05) is 23.7 Å². The number of piperidine rings is 1. The summed E-state index contributed by atoms with van der Waals surface area (Å²) in [4.78, 5) is 17.0. The summed E-state index contributed by atoms with van der Waals surface area (Å²) < 4.78 is 2.08. The molecule has 9 heteroatoms. The summed E-state index contributed by atoms with van der Waals surface area (Å²) in [5.41, 5.74) is 16.7. The fourth-order valence-electron chi connectivity index (χ4n) is 5.10. The minimum Gasteiger partial charge on any atom is -0.383 e. The van der Waals surface area contributed by atoms with Crippen LogP contribution in [-0.4, -0.2) is 37.8 Å². The molecule has 1 fully saturated rings. The quantitative estimate of drug-likeness (QED) is 0.479. The smallest absolute Gasteiger partial charge is 0.160 e. The summed E-state index contributed by atoms with van der Waals surface area (Å²) in [6.45, 7) is 4.84. The molecule has 168 valence electrons. The van der Waals surface area contributed by atoms with Gasteiger partial charge in [-0.05, 0) is 50.1 Å². The number of aromatic nitrogens is 5. The number of nitrogens with two attached hydrogens (primary N) is 2. The number of hydrogen-bond acceptors (Lipinski definition) is 8. The Bertz CT molecular complexity index is 1340. The second kappa shape index (κ2) is 7.71. The summed E-state index contributed by atoms with van der Waals surface area (Å²) in [7, 11) is 0. The number of hydrogen-bond donors (Lipinski definition) is 2. The predicted molar refractivity (Wildman–Crippen MR) is 130 cm³/mol.